The SMILES string of the molecule is CC1CC2=C(CCc3cnc(Oc4nc(Cl)ncc4C(F)(F)F)c(F)c32)C2=C1CCNC2=O. The molecule has 0 fully saturated rings. The van der Waals surface area contributed by atoms with Crippen LogP contribution in [0, 0.1) is 11.7 Å². The fraction of sp³-hybridized carbons (Fsp3) is 0.364. The summed E-state index contributed by atoms with van der Waals surface area (Å²) in [5, 5.41) is 2.37. The Balaban J connectivity index is 1.62. The van der Waals surface area contributed by atoms with Crippen molar-refractivity contribution in [3.05, 3.63) is 56.9 Å². The van der Waals surface area contributed by atoms with Crippen molar-refractivity contribution in [2.75, 3.05) is 6.54 Å². The van der Waals surface area contributed by atoms with Crippen LogP contribution in [0.2, 0.25) is 5.28 Å². The predicted molar refractivity (Wildman–Crippen MR) is 110 cm³/mol. The summed E-state index contributed by atoms with van der Waals surface area (Å²) in [5.74, 6) is -2.62. The number of hydrogen-bond acceptors (Lipinski definition) is 5. The minimum absolute atomic E-state index is 0.0326. The molecule has 1 atom stereocenters. The normalized spacial score (nSPS) is 20.2. The van der Waals surface area contributed by atoms with Crippen LogP contribution in [0.3, 0.4) is 0 Å². The summed E-state index contributed by atoms with van der Waals surface area (Å²) in [6.07, 6.45) is -0.707. The molecule has 2 aromatic heterocycles. The fourth-order valence-corrected chi connectivity index (χ4v) is 4.91. The van der Waals surface area contributed by atoms with Crippen LogP contribution in [0.1, 0.15) is 42.9 Å². The third kappa shape index (κ3) is 3.66. The van der Waals surface area contributed by atoms with Crippen LogP contribution >= 0.6 is 11.6 Å². The quantitative estimate of drug-likeness (QED) is 0.482. The van der Waals surface area contributed by atoms with Crippen LogP contribution in [-0.2, 0) is 17.4 Å². The summed E-state index contributed by atoms with van der Waals surface area (Å²) in [6.45, 7) is 2.56. The summed E-state index contributed by atoms with van der Waals surface area (Å²) >= 11 is 5.64. The average Bonchev–Trinajstić information content (AvgIpc) is 2.75. The molecule has 3 aliphatic rings. The number of alkyl halides is 3. The molecule has 1 unspecified atom stereocenters. The summed E-state index contributed by atoms with van der Waals surface area (Å²) in [7, 11) is 0. The minimum Gasteiger partial charge on any atom is -0.417 e. The largest absolute Gasteiger partial charge is 0.423 e. The van der Waals surface area contributed by atoms with Crippen molar-refractivity contribution in [3.63, 3.8) is 0 Å². The number of halogens is 5. The second-order valence-corrected chi connectivity index (χ2v) is 8.54. The Morgan fingerprint density at radius 2 is 1.91 bits per heavy atom. The van der Waals surface area contributed by atoms with E-state index in [1.54, 1.807) is 0 Å². The summed E-state index contributed by atoms with van der Waals surface area (Å²) < 4.78 is 60.9. The number of aryl methyl sites for hydroxylation is 1. The molecule has 2 aliphatic carbocycles. The van der Waals surface area contributed by atoms with Crippen LogP contribution < -0.4 is 10.1 Å². The number of fused-ring (bicyclic) bond motifs is 3. The number of aromatic nitrogens is 3. The molecule has 0 saturated carbocycles. The third-order valence-corrected chi connectivity index (χ3v) is 6.42. The highest BCUT2D eigenvalue weighted by Gasteiger charge is 2.39. The lowest BCUT2D eigenvalue weighted by Gasteiger charge is -2.36. The van der Waals surface area contributed by atoms with Crippen molar-refractivity contribution in [2.45, 2.75) is 38.8 Å². The van der Waals surface area contributed by atoms with Gasteiger partial charge in [0, 0.05) is 30.1 Å². The van der Waals surface area contributed by atoms with Crippen LogP contribution in [-0.4, -0.2) is 27.4 Å². The van der Waals surface area contributed by atoms with Gasteiger partial charge in [-0.2, -0.15) is 18.2 Å². The monoisotopic (exact) mass is 480 g/mol. The molecule has 6 nitrogen and oxygen atoms in total. The Kier molecular flexibility index (Phi) is 5.15. The number of carbonyl (C=O) groups excluding carboxylic acids is 1. The van der Waals surface area contributed by atoms with E-state index in [0.29, 0.717) is 48.7 Å². The average molecular weight is 481 g/mol. The predicted octanol–water partition coefficient (Wildman–Crippen LogP) is 5.03. The van der Waals surface area contributed by atoms with Gasteiger partial charge in [-0.25, -0.2) is 14.4 Å². The van der Waals surface area contributed by atoms with E-state index in [2.05, 4.69) is 20.3 Å². The van der Waals surface area contributed by atoms with E-state index in [1.165, 1.54) is 6.20 Å². The summed E-state index contributed by atoms with van der Waals surface area (Å²) in [4.78, 5) is 23.4. The third-order valence-electron chi connectivity index (χ3n) is 6.23. The van der Waals surface area contributed by atoms with Gasteiger partial charge in [-0.1, -0.05) is 12.5 Å². The molecular formula is C22H17ClF4N4O2. The Morgan fingerprint density at radius 3 is 2.67 bits per heavy atom. The van der Waals surface area contributed by atoms with Gasteiger partial charge in [-0.3, -0.25) is 4.79 Å². The summed E-state index contributed by atoms with van der Waals surface area (Å²) in [5.41, 5.74) is 2.67. The minimum atomic E-state index is -4.84. The van der Waals surface area contributed by atoms with Crippen molar-refractivity contribution in [3.8, 4) is 11.8 Å². The van der Waals surface area contributed by atoms with Crippen LogP contribution in [0.25, 0.3) is 5.57 Å². The molecular weight excluding hydrogens is 464 g/mol. The van der Waals surface area contributed by atoms with Crippen molar-refractivity contribution in [1.29, 1.82) is 0 Å². The van der Waals surface area contributed by atoms with Gasteiger partial charge in [-0.15, -0.1) is 0 Å². The molecule has 11 heteroatoms. The molecule has 172 valence electrons. The number of allylic oxidation sites excluding steroid dienone is 1. The van der Waals surface area contributed by atoms with Gasteiger partial charge in [0.05, 0.1) is 0 Å². The van der Waals surface area contributed by atoms with E-state index in [1.807, 2.05) is 6.92 Å². The van der Waals surface area contributed by atoms with Gasteiger partial charge in [0.2, 0.25) is 11.2 Å². The Hall–Kier alpha value is -3.01. The van der Waals surface area contributed by atoms with E-state index in [9.17, 15) is 18.0 Å². The highest BCUT2D eigenvalue weighted by atomic mass is 35.5. The Morgan fingerprint density at radius 1 is 1.12 bits per heavy atom. The molecule has 3 heterocycles. The molecule has 0 aromatic carbocycles. The molecule has 0 spiro atoms. The van der Waals surface area contributed by atoms with E-state index in [0.717, 1.165) is 17.6 Å². The number of amides is 1. The first kappa shape index (κ1) is 21.8. The summed E-state index contributed by atoms with van der Waals surface area (Å²) in [6, 6.07) is 0. The van der Waals surface area contributed by atoms with Gasteiger partial charge in [-0.05, 0) is 59.9 Å². The molecule has 0 radical (unpaired) electrons. The topological polar surface area (TPSA) is 77.0 Å². The van der Waals surface area contributed by atoms with Gasteiger partial charge in [0.15, 0.2) is 5.82 Å². The van der Waals surface area contributed by atoms with Gasteiger partial charge in [0.25, 0.3) is 11.8 Å². The zero-order valence-electron chi connectivity index (χ0n) is 17.3. The molecule has 0 saturated heterocycles. The maximum absolute atomic E-state index is 15.7. The molecule has 33 heavy (non-hydrogen) atoms. The molecule has 1 aliphatic heterocycles. The number of nitrogens with zero attached hydrogens (tertiary/aromatic N) is 3. The molecule has 5 rings (SSSR count). The standard InChI is InChI=1S/C22H17ClF4N4O2/c1-9-6-13-12(16-11(9)4-5-28-18(16)32)3-2-10-7-29-20(17(24)15(10)13)33-19-14(22(25,26)27)8-30-21(23)31-19/h7-9H,2-6H2,1H3,(H,28,32). The van der Waals surface area contributed by atoms with E-state index >= 15 is 4.39 Å². The lowest BCUT2D eigenvalue weighted by Crippen LogP contribution is -2.36. The Labute approximate surface area is 190 Å². The van der Waals surface area contributed by atoms with E-state index in [4.69, 9.17) is 16.3 Å². The van der Waals surface area contributed by atoms with Crippen molar-refractivity contribution in [2.24, 2.45) is 5.92 Å². The fourth-order valence-electron chi connectivity index (χ4n) is 4.79. The van der Waals surface area contributed by atoms with Gasteiger partial charge >= 0.3 is 6.18 Å². The number of pyridine rings is 1. The van der Waals surface area contributed by atoms with E-state index < -0.39 is 34.6 Å². The first-order valence-electron chi connectivity index (χ1n) is 10.3. The highest BCUT2D eigenvalue weighted by molar-refractivity contribution is 6.28. The first-order valence-corrected chi connectivity index (χ1v) is 10.7. The number of rotatable bonds is 2. The second-order valence-electron chi connectivity index (χ2n) is 8.20. The van der Waals surface area contributed by atoms with Crippen molar-refractivity contribution >= 4 is 23.1 Å². The van der Waals surface area contributed by atoms with Gasteiger partial charge < -0.3 is 10.1 Å². The molecule has 1 amide bonds. The molecule has 2 aromatic rings. The molecule has 1 N–H and O–H groups in total. The number of nitrogens with one attached hydrogen (secondary N) is 1. The van der Waals surface area contributed by atoms with E-state index in [-0.39, 0.29) is 17.4 Å². The number of hydrogen-bond donors (Lipinski definition) is 1. The van der Waals surface area contributed by atoms with Crippen LogP contribution in [0.15, 0.2) is 29.1 Å². The smallest absolute Gasteiger partial charge is 0.417 e. The highest BCUT2D eigenvalue weighted by Crippen LogP contribution is 2.48. The van der Waals surface area contributed by atoms with Crippen LogP contribution in [0.4, 0.5) is 17.6 Å². The van der Waals surface area contributed by atoms with Crippen LogP contribution in [0.5, 0.6) is 11.8 Å². The maximum atomic E-state index is 15.7. The maximum Gasteiger partial charge on any atom is 0.423 e. The zero-order chi connectivity index (χ0) is 23.5. The Bertz CT molecular complexity index is 1260. The lowest BCUT2D eigenvalue weighted by atomic mass is 9.70. The molecule has 0 bridgehead atoms. The second kappa shape index (κ2) is 7.79. The zero-order valence-corrected chi connectivity index (χ0v) is 18.1. The van der Waals surface area contributed by atoms with Gasteiger partial charge in [0.1, 0.15) is 5.56 Å². The first-order chi connectivity index (χ1) is 15.6. The number of ether oxygens (including phenoxy) is 1. The van der Waals surface area contributed by atoms with Crippen molar-refractivity contribution < 1.29 is 27.1 Å². The lowest BCUT2D eigenvalue weighted by molar-refractivity contribution is -0.139. The van der Waals surface area contributed by atoms with Crippen molar-refractivity contribution in [1.82, 2.24) is 20.3 Å². The number of carbonyl (C=O) groups is 1.